The maximum absolute atomic E-state index is 6.58. The summed E-state index contributed by atoms with van der Waals surface area (Å²) in [5.41, 5.74) is 6.99. The number of rotatable bonds is 5. The van der Waals surface area contributed by atoms with Crippen molar-refractivity contribution in [3.63, 3.8) is 0 Å². The van der Waals surface area contributed by atoms with E-state index in [-0.39, 0.29) is 11.5 Å². The van der Waals surface area contributed by atoms with Gasteiger partial charge < -0.3 is 14.4 Å². The van der Waals surface area contributed by atoms with Crippen LogP contribution in [0.2, 0.25) is 0 Å². The second-order valence-corrected chi connectivity index (χ2v) is 10.4. The summed E-state index contributed by atoms with van der Waals surface area (Å²) in [4.78, 5) is 2.65. The smallest absolute Gasteiger partial charge is 0.142 e. The van der Waals surface area contributed by atoms with Gasteiger partial charge in [-0.15, -0.1) is 6.58 Å². The van der Waals surface area contributed by atoms with Crippen molar-refractivity contribution in [1.29, 1.82) is 0 Å². The lowest BCUT2D eigenvalue weighted by Crippen LogP contribution is -2.49. The van der Waals surface area contributed by atoms with Crippen LogP contribution >= 0.6 is 0 Å². The van der Waals surface area contributed by atoms with Gasteiger partial charge in [0.1, 0.15) is 5.75 Å². The molecule has 1 heterocycles. The van der Waals surface area contributed by atoms with Crippen molar-refractivity contribution in [2.24, 2.45) is 11.8 Å². The van der Waals surface area contributed by atoms with Gasteiger partial charge in [0.15, 0.2) is 0 Å². The topological polar surface area (TPSA) is 21.7 Å². The number of hydrogen-bond donors (Lipinski definition) is 0. The van der Waals surface area contributed by atoms with E-state index in [0.717, 1.165) is 25.4 Å². The molecule has 2 aromatic rings. The SMILES string of the molecule is C=C[C@H](OC)[C@@H]1CC[C@H]1CN1C[C@@]2(CCCc3cc(C)ccc32)COc2ccc(C)cc21. The molecule has 0 bridgehead atoms. The van der Waals surface area contributed by atoms with Crippen molar-refractivity contribution in [2.45, 2.75) is 57.5 Å². The zero-order chi connectivity index (χ0) is 22.3. The van der Waals surface area contributed by atoms with E-state index in [0.29, 0.717) is 11.8 Å². The monoisotopic (exact) mass is 431 g/mol. The van der Waals surface area contributed by atoms with Crippen molar-refractivity contribution in [3.05, 3.63) is 71.3 Å². The molecule has 1 saturated carbocycles. The van der Waals surface area contributed by atoms with E-state index in [1.54, 1.807) is 0 Å². The molecule has 3 heteroatoms. The van der Waals surface area contributed by atoms with Gasteiger partial charge >= 0.3 is 0 Å². The fraction of sp³-hybridized carbons (Fsp3) is 0.517. The molecule has 170 valence electrons. The molecule has 0 unspecified atom stereocenters. The van der Waals surface area contributed by atoms with Crippen LogP contribution in [-0.2, 0) is 16.6 Å². The molecule has 1 aliphatic heterocycles. The highest BCUT2D eigenvalue weighted by Crippen LogP contribution is 2.46. The van der Waals surface area contributed by atoms with Crippen LogP contribution in [-0.4, -0.2) is 32.9 Å². The number of ether oxygens (including phenoxy) is 2. The maximum Gasteiger partial charge on any atom is 0.142 e. The minimum absolute atomic E-state index is 0.0482. The van der Waals surface area contributed by atoms with Gasteiger partial charge in [0.05, 0.1) is 18.4 Å². The Hall–Kier alpha value is -2.26. The van der Waals surface area contributed by atoms with Gasteiger partial charge in [-0.1, -0.05) is 35.9 Å². The highest BCUT2D eigenvalue weighted by atomic mass is 16.5. The Kier molecular flexibility index (Phi) is 5.79. The average molecular weight is 432 g/mol. The molecule has 2 aromatic carbocycles. The molecule has 0 aromatic heterocycles. The molecule has 5 rings (SSSR count). The van der Waals surface area contributed by atoms with Crippen LogP contribution in [0.5, 0.6) is 5.75 Å². The highest BCUT2D eigenvalue weighted by Gasteiger charge is 2.44. The molecular weight excluding hydrogens is 394 g/mol. The molecule has 3 nitrogen and oxygen atoms in total. The van der Waals surface area contributed by atoms with Crippen LogP contribution in [0.25, 0.3) is 0 Å². The minimum atomic E-state index is 0.0482. The third-order valence-corrected chi connectivity index (χ3v) is 8.24. The summed E-state index contributed by atoms with van der Waals surface area (Å²) in [7, 11) is 1.82. The molecule has 4 atom stereocenters. The Balaban J connectivity index is 1.51. The molecule has 3 aliphatic rings. The van der Waals surface area contributed by atoms with Crippen LogP contribution in [0.4, 0.5) is 5.69 Å². The summed E-state index contributed by atoms with van der Waals surface area (Å²) in [6.07, 6.45) is 8.24. The second-order valence-electron chi connectivity index (χ2n) is 10.4. The lowest BCUT2D eigenvalue weighted by Gasteiger charge is -2.46. The van der Waals surface area contributed by atoms with Gasteiger partial charge in [0.25, 0.3) is 0 Å². The van der Waals surface area contributed by atoms with E-state index >= 15 is 0 Å². The number of anilines is 1. The van der Waals surface area contributed by atoms with E-state index in [1.165, 1.54) is 60.0 Å². The predicted octanol–water partition coefficient (Wildman–Crippen LogP) is 6.00. The largest absolute Gasteiger partial charge is 0.490 e. The first kappa shape index (κ1) is 21.6. The number of benzene rings is 2. The zero-order valence-electron chi connectivity index (χ0n) is 19.9. The molecular formula is C29H37NO2. The zero-order valence-corrected chi connectivity index (χ0v) is 19.9. The lowest BCUT2D eigenvalue weighted by molar-refractivity contribution is 0.0135. The van der Waals surface area contributed by atoms with Crippen LogP contribution < -0.4 is 9.64 Å². The molecule has 2 aliphatic carbocycles. The quantitative estimate of drug-likeness (QED) is 0.542. The van der Waals surface area contributed by atoms with Gasteiger partial charge in [-0.2, -0.15) is 0 Å². The van der Waals surface area contributed by atoms with E-state index in [9.17, 15) is 0 Å². The first-order chi connectivity index (χ1) is 15.5. The molecule has 0 N–H and O–H groups in total. The van der Waals surface area contributed by atoms with E-state index in [4.69, 9.17) is 9.47 Å². The normalized spacial score (nSPS) is 27.5. The Morgan fingerprint density at radius 3 is 2.75 bits per heavy atom. The Bertz CT molecular complexity index is 999. The first-order valence-electron chi connectivity index (χ1n) is 12.3. The Morgan fingerprint density at radius 2 is 2.00 bits per heavy atom. The van der Waals surface area contributed by atoms with Gasteiger partial charge in [0.2, 0.25) is 0 Å². The molecule has 0 radical (unpaired) electrons. The third-order valence-electron chi connectivity index (χ3n) is 8.24. The third kappa shape index (κ3) is 3.75. The second kappa shape index (κ2) is 8.59. The molecule has 32 heavy (non-hydrogen) atoms. The summed E-state index contributed by atoms with van der Waals surface area (Å²) < 4.78 is 12.3. The Labute approximate surface area is 193 Å². The number of hydrogen-bond acceptors (Lipinski definition) is 3. The van der Waals surface area contributed by atoms with E-state index in [2.05, 4.69) is 61.7 Å². The summed E-state index contributed by atoms with van der Waals surface area (Å²) in [6.45, 7) is 11.3. The van der Waals surface area contributed by atoms with Gasteiger partial charge in [-0.05, 0) is 86.6 Å². The molecule has 1 spiro atoms. The van der Waals surface area contributed by atoms with Crippen LogP contribution in [0.1, 0.15) is 47.9 Å². The minimum Gasteiger partial charge on any atom is -0.490 e. The van der Waals surface area contributed by atoms with Crippen LogP contribution in [0.15, 0.2) is 49.1 Å². The number of fused-ring (bicyclic) bond motifs is 3. The number of methoxy groups -OCH3 is 1. The maximum atomic E-state index is 6.58. The fourth-order valence-electron chi connectivity index (χ4n) is 6.37. The van der Waals surface area contributed by atoms with Crippen LogP contribution in [0.3, 0.4) is 0 Å². The van der Waals surface area contributed by atoms with Crippen molar-refractivity contribution >= 4 is 5.69 Å². The summed E-state index contributed by atoms with van der Waals surface area (Å²) in [5.74, 6) is 2.23. The standard InChI is InChI=1S/C29H37NO2/c1-5-27(31-4)24-11-10-23(24)17-30-18-29(19-32-28-13-9-21(3)16-26(28)30)14-6-7-22-15-20(2)8-12-25(22)29/h5,8-9,12-13,15-16,23-24,27H,1,6-7,10-11,14,17-19H2,2-4H3/t23-,24+,27-,29-/m0/s1. The predicted molar refractivity (Wildman–Crippen MR) is 132 cm³/mol. The van der Waals surface area contributed by atoms with Crippen LogP contribution in [0, 0.1) is 25.7 Å². The lowest BCUT2D eigenvalue weighted by atomic mass is 9.68. The summed E-state index contributed by atoms with van der Waals surface area (Å²) in [5, 5.41) is 0. The summed E-state index contributed by atoms with van der Waals surface area (Å²) in [6, 6.07) is 13.7. The van der Waals surface area contributed by atoms with Gasteiger partial charge in [-0.3, -0.25) is 0 Å². The number of nitrogens with zero attached hydrogens (tertiary/aromatic N) is 1. The van der Waals surface area contributed by atoms with Crippen molar-refractivity contribution in [2.75, 3.05) is 31.7 Å². The number of aryl methyl sites for hydroxylation is 3. The fourth-order valence-corrected chi connectivity index (χ4v) is 6.37. The first-order valence-corrected chi connectivity index (χ1v) is 12.3. The van der Waals surface area contributed by atoms with E-state index < -0.39 is 0 Å². The van der Waals surface area contributed by atoms with E-state index in [1.807, 2.05) is 13.2 Å². The highest BCUT2D eigenvalue weighted by molar-refractivity contribution is 5.62. The van der Waals surface area contributed by atoms with Gasteiger partial charge in [0, 0.05) is 25.6 Å². The summed E-state index contributed by atoms with van der Waals surface area (Å²) >= 11 is 0. The van der Waals surface area contributed by atoms with Crippen molar-refractivity contribution in [1.82, 2.24) is 0 Å². The molecule has 0 saturated heterocycles. The Morgan fingerprint density at radius 1 is 1.19 bits per heavy atom. The average Bonchev–Trinajstić information content (AvgIpc) is 2.92. The van der Waals surface area contributed by atoms with Gasteiger partial charge in [-0.25, -0.2) is 0 Å². The molecule has 1 fully saturated rings. The van der Waals surface area contributed by atoms with Crippen molar-refractivity contribution < 1.29 is 9.47 Å². The van der Waals surface area contributed by atoms with Crippen molar-refractivity contribution in [3.8, 4) is 5.75 Å². The molecule has 0 amide bonds.